The summed E-state index contributed by atoms with van der Waals surface area (Å²) >= 11 is 3.09. The van der Waals surface area contributed by atoms with Crippen molar-refractivity contribution in [2.24, 2.45) is 0 Å². The Kier molecular flexibility index (Phi) is 8.63. The van der Waals surface area contributed by atoms with Crippen LogP contribution in [0.1, 0.15) is 37.6 Å². The van der Waals surface area contributed by atoms with Gasteiger partial charge in [0.05, 0.1) is 5.56 Å². The van der Waals surface area contributed by atoms with Gasteiger partial charge in [-0.1, -0.05) is 30.3 Å². The highest BCUT2D eigenvalue weighted by Crippen LogP contribution is 2.53. The molecule has 0 saturated carbocycles. The third kappa shape index (κ3) is 6.53. The van der Waals surface area contributed by atoms with Crippen LogP contribution in [0.2, 0.25) is 0 Å². The van der Waals surface area contributed by atoms with Gasteiger partial charge in [-0.3, -0.25) is 9.59 Å². The maximum Gasteiger partial charge on any atom is 0.435 e. The molecule has 0 saturated heterocycles. The number of alkyl halides is 7. The van der Waals surface area contributed by atoms with Crippen molar-refractivity contribution < 1.29 is 49.5 Å². The lowest BCUT2D eigenvalue weighted by Gasteiger charge is -2.31. The Hall–Kier alpha value is -4.33. The zero-order valence-corrected chi connectivity index (χ0v) is 23.7. The molecule has 226 valence electrons. The summed E-state index contributed by atoms with van der Waals surface area (Å²) in [6.45, 7) is 2.25. The second kappa shape index (κ2) is 11.7. The van der Waals surface area contributed by atoms with E-state index in [2.05, 4.69) is 26.6 Å². The third-order valence-electron chi connectivity index (χ3n) is 6.20. The van der Waals surface area contributed by atoms with Crippen molar-refractivity contribution in [3.8, 4) is 11.5 Å². The summed E-state index contributed by atoms with van der Waals surface area (Å²) in [7, 11) is 0. The first kappa shape index (κ1) is 31.6. The fraction of sp³-hybridized carbons (Fsp3) is 0.172. The van der Waals surface area contributed by atoms with Gasteiger partial charge in [0.1, 0.15) is 11.5 Å². The number of furan rings is 1. The van der Waals surface area contributed by atoms with Crippen molar-refractivity contribution in [1.82, 2.24) is 0 Å². The molecular formula is C29H20BrF7N2O4. The van der Waals surface area contributed by atoms with Crippen molar-refractivity contribution in [2.45, 2.75) is 31.9 Å². The maximum absolute atomic E-state index is 14.7. The Bertz CT molecular complexity index is 1630. The number of benzene rings is 3. The second-order valence-electron chi connectivity index (χ2n) is 9.28. The molecule has 0 unspecified atom stereocenters. The van der Waals surface area contributed by atoms with Gasteiger partial charge in [-0.2, -0.15) is 26.3 Å². The maximum atomic E-state index is 14.7. The molecule has 2 amide bonds. The summed E-state index contributed by atoms with van der Waals surface area (Å²) in [5.74, 6) is -1.24. The summed E-state index contributed by atoms with van der Waals surface area (Å²) in [5.41, 5.74) is -8.02. The topological polar surface area (TPSA) is 80.6 Å². The Balaban J connectivity index is 1.71. The standard InChI is InChI=1S/C29H20BrF7N2O4/c1-15-12-17(27(31,28(32,33)34)29(35,36)37)13-16(2)24(15)39-25(40)20-14-18(38-26(41)22-10-11-23(30)43-22)8-9-21(20)42-19-6-4-3-5-7-19/h3-14H,1-2H3,(H,38,41)(H,39,40). The lowest BCUT2D eigenvalue weighted by Crippen LogP contribution is -2.50. The van der Waals surface area contributed by atoms with Crippen molar-refractivity contribution in [1.29, 1.82) is 0 Å². The Morgan fingerprint density at radius 1 is 0.767 bits per heavy atom. The normalized spacial score (nSPS) is 12.1. The molecule has 0 aliphatic carbocycles. The number of aryl methyl sites for hydroxylation is 2. The quantitative estimate of drug-likeness (QED) is 0.192. The number of carbonyl (C=O) groups excluding carboxylic acids is 2. The number of amides is 2. The number of carbonyl (C=O) groups is 2. The van der Waals surface area contributed by atoms with Gasteiger partial charge < -0.3 is 19.8 Å². The van der Waals surface area contributed by atoms with Crippen molar-refractivity contribution in [3.05, 3.63) is 105 Å². The molecule has 0 aliphatic heterocycles. The first-order valence-electron chi connectivity index (χ1n) is 12.2. The van der Waals surface area contributed by atoms with Gasteiger partial charge in [0.2, 0.25) is 0 Å². The largest absolute Gasteiger partial charge is 0.457 e. The van der Waals surface area contributed by atoms with Crippen LogP contribution in [-0.2, 0) is 5.67 Å². The monoisotopic (exact) mass is 672 g/mol. The van der Waals surface area contributed by atoms with E-state index in [9.17, 15) is 40.3 Å². The molecule has 0 fully saturated rings. The predicted octanol–water partition coefficient (Wildman–Crippen LogP) is 9.25. The Morgan fingerprint density at radius 3 is 1.91 bits per heavy atom. The van der Waals surface area contributed by atoms with Crippen molar-refractivity contribution in [3.63, 3.8) is 0 Å². The summed E-state index contributed by atoms with van der Waals surface area (Å²) < 4.78 is 106. The Morgan fingerprint density at radius 2 is 1.37 bits per heavy atom. The number of halogens is 8. The lowest BCUT2D eigenvalue weighted by molar-refractivity contribution is -0.348. The van der Waals surface area contributed by atoms with Crippen LogP contribution in [0.3, 0.4) is 0 Å². The van der Waals surface area contributed by atoms with Crippen LogP contribution < -0.4 is 15.4 Å². The number of para-hydroxylation sites is 1. The number of nitrogens with one attached hydrogen (secondary N) is 2. The van der Waals surface area contributed by atoms with Crippen LogP contribution >= 0.6 is 15.9 Å². The van der Waals surface area contributed by atoms with E-state index in [-0.39, 0.29) is 39.6 Å². The molecule has 6 nitrogen and oxygen atoms in total. The van der Waals surface area contributed by atoms with Gasteiger partial charge in [-0.25, -0.2) is 4.39 Å². The van der Waals surface area contributed by atoms with E-state index in [1.54, 1.807) is 30.3 Å². The first-order chi connectivity index (χ1) is 20.0. The minimum Gasteiger partial charge on any atom is -0.457 e. The van der Waals surface area contributed by atoms with Crippen molar-refractivity contribution >= 4 is 39.1 Å². The first-order valence-corrected chi connectivity index (χ1v) is 13.0. The molecule has 1 aromatic heterocycles. The van der Waals surface area contributed by atoms with Gasteiger partial charge in [0.15, 0.2) is 10.4 Å². The van der Waals surface area contributed by atoms with Crippen LogP contribution in [0.5, 0.6) is 11.5 Å². The van der Waals surface area contributed by atoms with Gasteiger partial charge in [0.25, 0.3) is 11.8 Å². The number of hydrogen-bond donors (Lipinski definition) is 2. The summed E-state index contributed by atoms with van der Waals surface area (Å²) in [6.07, 6.45) is -12.6. The second-order valence-corrected chi connectivity index (χ2v) is 10.1. The minimum absolute atomic E-state index is 0.00582. The average molecular weight is 673 g/mol. The van der Waals surface area contributed by atoms with Crippen LogP contribution in [-0.4, -0.2) is 24.2 Å². The highest BCUT2D eigenvalue weighted by Gasteiger charge is 2.73. The average Bonchev–Trinajstić information content (AvgIpc) is 3.36. The molecule has 14 heteroatoms. The number of rotatable bonds is 7. The number of hydrogen-bond acceptors (Lipinski definition) is 4. The van der Waals surface area contributed by atoms with Crippen LogP contribution in [0.25, 0.3) is 0 Å². The zero-order valence-electron chi connectivity index (χ0n) is 22.1. The van der Waals surface area contributed by atoms with Crippen LogP contribution in [0.4, 0.5) is 42.1 Å². The molecule has 4 aromatic rings. The van der Waals surface area contributed by atoms with Crippen molar-refractivity contribution in [2.75, 3.05) is 10.6 Å². The fourth-order valence-electron chi connectivity index (χ4n) is 4.15. The zero-order chi connectivity index (χ0) is 31.7. The summed E-state index contributed by atoms with van der Waals surface area (Å²) in [4.78, 5) is 26.0. The van der Waals surface area contributed by atoms with Gasteiger partial charge >= 0.3 is 18.0 Å². The number of anilines is 2. The van der Waals surface area contributed by atoms with E-state index >= 15 is 0 Å². The molecule has 0 aliphatic rings. The van der Waals surface area contributed by atoms with E-state index in [0.29, 0.717) is 22.6 Å². The molecule has 0 spiro atoms. The molecule has 1 heterocycles. The van der Waals surface area contributed by atoms with E-state index < -0.39 is 35.4 Å². The predicted molar refractivity (Wildman–Crippen MR) is 146 cm³/mol. The number of ether oxygens (including phenoxy) is 1. The molecule has 0 radical (unpaired) electrons. The lowest BCUT2D eigenvalue weighted by atomic mass is 9.90. The molecule has 2 N–H and O–H groups in total. The molecule has 43 heavy (non-hydrogen) atoms. The molecular weight excluding hydrogens is 653 g/mol. The highest BCUT2D eigenvalue weighted by atomic mass is 79.9. The van der Waals surface area contributed by atoms with E-state index in [1.165, 1.54) is 30.3 Å². The molecule has 0 bridgehead atoms. The van der Waals surface area contributed by atoms with Gasteiger partial charge in [-0.05, 0) is 83.4 Å². The smallest absolute Gasteiger partial charge is 0.435 e. The van der Waals surface area contributed by atoms with Gasteiger partial charge in [-0.15, -0.1) is 0 Å². The van der Waals surface area contributed by atoms with Crippen LogP contribution in [0.15, 0.2) is 81.9 Å². The Labute approximate surface area is 248 Å². The molecule has 4 rings (SSSR count). The highest BCUT2D eigenvalue weighted by molar-refractivity contribution is 9.10. The fourth-order valence-corrected chi connectivity index (χ4v) is 4.45. The summed E-state index contributed by atoms with van der Waals surface area (Å²) in [5, 5.41) is 5.00. The van der Waals surface area contributed by atoms with E-state index in [0.717, 1.165) is 13.8 Å². The van der Waals surface area contributed by atoms with Gasteiger partial charge in [0, 0.05) is 16.9 Å². The molecule has 0 atom stereocenters. The van der Waals surface area contributed by atoms with E-state index in [4.69, 9.17) is 9.15 Å². The minimum atomic E-state index is -6.30. The molecule has 3 aromatic carbocycles. The summed E-state index contributed by atoms with van der Waals surface area (Å²) in [6, 6.07) is 16.0. The third-order valence-corrected chi connectivity index (χ3v) is 6.63. The van der Waals surface area contributed by atoms with Crippen LogP contribution in [0, 0.1) is 13.8 Å². The SMILES string of the molecule is Cc1cc(C(F)(C(F)(F)F)C(F)(F)F)cc(C)c1NC(=O)c1cc(NC(=O)c2ccc(Br)o2)ccc1Oc1ccccc1. The van der Waals surface area contributed by atoms with E-state index in [1.807, 2.05) is 0 Å².